The van der Waals surface area contributed by atoms with E-state index in [1.54, 1.807) is 19.2 Å². The largest absolute Gasteiger partial charge is 0.504 e. The number of anilines is 1. The summed E-state index contributed by atoms with van der Waals surface area (Å²) < 4.78 is 5.04. The molecule has 0 aromatic heterocycles. The maximum absolute atomic E-state index is 9.79. The second-order valence-electron chi connectivity index (χ2n) is 4.43. The van der Waals surface area contributed by atoms with Crippen LogP contribution in [0.2, 0.25) is 0 Å². The highest BCUT2D eigenvalue weighted by atomic mass is 32.2. The molecule has 0 radical (unpaired) electrons. The average Bonchev–Trinajstić information content (AvgIpc) is 2.83. The van der Waals surface area contributed by atoms with Gasteiger partial charge >= 0.3 is 0 Å². The van der Waals surface area contributed by atoms with Crippen LogP contribution in [-0.2, 0) is 0 Å². The number of methoxy groups -OCH3 is 1. The molecule has 1 heterocycles. The van der Waals surface area contributed by atoms with Gasteiger partial charge in [0.1, 0.15) is 0 Å². The first-order valence-corrected chi connectivity index (χ1v) is 7.12. The topological polar surface area (TPSA) is 41.5 Å². The Kier molecular flexibility index (Phi) is 3.25. The van der Waals surface area contributed by atoms with Crippen molar-refractivity contribution in [1.29, 1.82) is 0 Å². The molecule has 0 aliphatic carbocycles. The molecule has 0 amide bonds. The van der Waals surface area contributed by atoms with Gasteiger partial charge in [-0.15, -0.1) is 11.8 Å². The molecule has 1 aliphatic heterocycles. The summed E-state index contributed by atoms with van der Waals surface area (Å²) >= 11 is 1.86. The minimum absolute atomic E-state index is 0.159. The van der Waals surface area contributed by atoms with Crippen LogP contribution in [0.1, 0.15) is 11.6 Å². The van der Waals surface area contributed by atoms with Crippen molar-refractivity contribution in [3.05, 3.63) is 48.0 Å². The van der Waals surface area contributed by atoms with Gasteiger partial charge in [0, 0.05) is 22.4 Å². The Morgan fingerprint density at radius 2 is 2.11 bits per heavy atom. The van der Waals surface area contributed by atoms with Crippen molar-refractivity contribution in [1.82, 2.24) is 0 Å². The minimum atomic E-state index is 0.159. The number of hydrogen-bond acceptors (Lipinski definition) is 4. The normalized spacial score (nSPS) is 17.0. The molecule has 3 rings (SSSR count). The monoisotopic (exact) mass is 273 g/mol. The zero-order valence-electron chi connectivity index (χ0n) is 10.6. The first-order valence-electron chi connectivity index (χ1n) is 6.13. The van der Waals surface area contributed by atoms with Gasteiger partial charge in [-0.05, 0) is 23.8 Å². The lowest BCUT2D eigenvalue weighted by molar-refractivity contribution is 0.373. The molecule has 0 saturated heterocycles. The molecule has 4 heteroatoms. The Morgan fingerprint density at radius 3 is 2.89 bits per heavy atom. The van der Waals surface area contributed by atoms with Crippen LogP contribution in [0.4, 0.5) is 5.69 Å². The van der Waals surface area contributed by atoms with Crippen LogP contribution >= 0.6 is 11.8 Å². The molecule has 1 aliphatic rings. The van der Waals surface area contributed by atoms with Gasteiger partial charge in [-0.1, -0.05) is 18.2 Å². The quantitative estimate of drug-likeness (QED) is 0.895. The summed E-state index contributed by atoms with van der Waals surface area (Å²) in [7, 11) is 1.55. The molecular formula is C15H15NO2S. The minimum Gasteiger partial charge on any atom is -0.504 e. The maximum Gasteiger partial charge on any atom is 0.160 e. The number of ether oxygens (including phenoxy) is 1. The Hall–Kier alpha value is -1.81. The first kappa shape index (κ1) is 12.2. The van der Waals surface area contributed by atoms with Crippen LogP contribution in [0.3, 0.4) is 0 Å². The highest BCUT2D eigenvalue weighted by molar-refractivity contribution is 7.99. The molecule has 98 valence electrons. The lowest BCUT2D eigenvalue weighted by atomic mass is 10.1. The van der Waals surface area contributed by atoms with Gasteiger partial charge in [0.2, 0.25) is 0 Å². The van der Waals surface area contributed by atoms with Gasteiger partial charge in [0.15, 0.2) is 11.5 Å². The molecule has 1 unspecified atom stereocenters. The number of hydrogen-bond donors (Lipinski definition) is 2. The van der Waals surface area contributed by atoms with E-state index in [0.717, 1.165) is 11.4 Å². The van der Waals surface area contributed by atoms with E-state index in [9.17, 15) is 5.11 Å². The Bertz CT molecular complexity index is 600. The molecule has 19 heavy (non-hydrogen) atoms. The van der Waals surface area contributed by atoms with Crippen molar-refractivity contribution in [3.63, 3.8) is 0 Å². The molecule has 0 fully saturated rings. The number of aromatic hydroxyl groups is 1. The first-order chi connectivity index (χ1) is 9.28. The number of fused-ring (bicyclic) bond motifs is 1. The third-order valence-corrected chi connectivity index (χ3v) is 4.40. The average molecular weight is 273 g/mol. The van der Waals surface area contributed by atoms with E-state index in [0.29, 0.717) is 5.75 Å². The van der Waals surface area contributed by atoms with Crippen LogP contribution in [-0.4, -0.2) is 18.0 Å². The van der Waals surface area contributed by atoms with E-state index < -0.39 is 0 Å². The predicted octanol–water partition coefficient (Wildman–Crippen LogP) is 3.66. The molecule has 0 bridgehead atoms. The van der Waals surface area contributed by atoms with Crippen molar-refractivity contribution in [2.24, 2.45) is 0 Å². The third-order valence-electron chi connectivity index (χ3n) is 3.22. The summed E-state index contributed by atoms with van der Waals surface area (Å²) in [6.45, 7) is 0. The third kappa shape index (κ3) is 2.36. The summed E-state index contributed by atoms with van der Waals surface area (Å²) in [6, 6.07) is 14.1. The highest BCUT2D eigenvalue weighted by Crippen LogP contribution is 2.40. The van der Waals surface area contributed by atoms with Gasteiger partial charge in [-0.3, -0.25) is 0 Å². The van der Waals surface area contributed by atoms with Gasteiger partial charge < -0.3 is 15.2 Å². The van der Waals surface area contributed by atoms with E-state index in [1.165, 1.54) is 10.5 Å². The summed E-state index contributed by atoms with van der Waals surface area (Å²) in [5.74, 6) is 1.66. The summed E-state index contributed by atoms with van der Waals surface area (Å²) in [5.41, 5.74) is 2.23. The second kappa shape index (κ2) is 5.05. The zero-order chi connectivity index (χ0) is 13.2. The highest BCUT2D eigenvalue weighted by Gasteiger charge is 2.22. The molecule has 3 nitrogen and oxygen atoms in total. The fourth-order valence-electron chi connectivity index (χ4n) is 2.26. The van der Waals surface area contributed by atoms with Crippen LogP contribution < -0.4 is 10.1 Å². The standard InChI is InChI=1S/C15H15NO2S/c1-18-14-7-6-10(8-13(14)17)16-12-9-19-15-5-3-2-4-11(12)15/h2-8,12,16-17H,9H2,1H3. The summed E-state index contributed by atoms with van der Waals surface area (Å²) in [4.78, 5) is 1.33. The van der Waals surface area contributed by atoms with Crippen molar-refractivity contribution in [2.45, 2.75) is 10.9 Å². The van der Waals surface area contributed by atoms with E-state index in [4.69, 9.17) is 4.74 Å². The van der Waals surface area contributed by atoms with Crippen LogP contribution in [0.5, 0.6) is 11.5 Å². The Labute approximate surface area is 116 Å². The van der Waals surface area contributed by atoms with Crippen LogP contribution in [0.15, 0.2) is 47.4 Å². The Morgan fingerprint density at radius 1 is 1.26 bits per heavy atom. The SMILES string of the molecule is COc1ccc(NC2CSc3ccccc32)cc1O. The number of benzene rings is 2. The van der Waals surface area contributed by atoms with E-state index in [1.807, 2.05) is 17.8 Å². The molecule has 2 aromatic rings. The molecule has 2 aromatic carbocycles. The fraction of sp³-hybridized carbons (Fsp3) is 0.200. The van der Waals surface area contributed by atoms with Gasteiger partial charge in [0.25, 0.3) is 0 Å². The number of thioether (sulfide) groups is 1. The zero-order valence-corrected chi connectivity index (χ0v) is 11.4. The maximum atomic E-state index is 9.79. The number of phenolic OH excluding ortho intramolecular Hbond substituents is 1. The van der Waals surface area contributed by atoms with Crippen LogP contribution in [0, 0.1) is 0 Å². The summed E-state index contributed by atoms with van der Waals surface area (Å²) in [6.07, 6.45) is 0. The summed E-state index contributed by atoms with van der Waals surface area (Å²) in [5, 5.41) is 13.2. The van der Waals surface area contributed by atoms with Crippen molar-refractivity contribution >= 4 is 17.4 Å². The van der Waals surface area contributed by atoms with Crippen LogP contribution in [0.25, 0.3) is 0 Å². The smallest absolute Gasteiger partial charge is 0.160 e. The number of rotatable bonds is 3. The number of phenols is 1. The van der Waals surface area contributed by atoms with Crippen molar-refractivity contribution in [2.75, 3.05) is 18.2 Å². The number of nitrogens with one attached hydrogen (secondary N) is 1. The van der Waals surface area contributed by atoms with Crippen molar-refractivity contribution < 1.29 is 9.84 Å². The van der Waals surface area contributed by atoms with Crippen molar-refractivity contribution in [3.8, 4) is 11.5 Å². The van der Waals surface area contributed by atoms with Gasteiger partial charge in [-0.2, -0.15) is 0 Å². The molecule has 2 N–H and O–H groups in total. The Balaban J connectivity index is 1.81. The van der Waals surface area contributed by atoms with Gasteiger partial charge in [0.05, 0.1) is 13.2 Å². The van der Waals surface area contributed by atoms with Gasteiger partial charge in [-0.25, -0.2) is 0 Å². The predicted molar refractivity (Wildman–Crippen MR) is 78.2 cm³/mol. The molecule has 1 atom stereocenters. The molecular weight excluding hydrogens is 258 g/mol. The van der Waals surface area contributed by atoms with E-state index in [-0.39, 0.29) is 11.8 Å². The van der Waals surface area contributed by atoms with E-state index in [2.05, 4.69) is 29.6 Å². The molecule has 0 saturated carbocycles. The van der Waals surface area contributed by atoms with E-state index >= 15 is 0 Å². The lowest BCUT2D eigenvalue weighted by Crippen LogP contribution is -2.09. The fourth-order valence-corrected chi connectivity index (χ4v) is 3.42. The lowest BCUT2D eigenvalue weighted by Gasteiger charge is -2.15. The molecule has 0 spiro atoms. The second-order valence-corrected chi connectivity index (χ2v) is 5.49.